The normalized spacial score (nSPS) is 13.9. The molecule has 128 valence electrons. The van der Waals surface area contributed by atoms with Crippen LogP contribution < -0.4 is 15.5 Å². The molecule has 2 N–H and O–H groups in total. The molecule has 1 aliphatic rings. The van der Waals surface area contributed by atoms with Crippen LogP contribution in [0.1, 0.15) is 18.6 Å². The summed E-state index contributed by atoms with van der Waals surface area (Å²) >= 11 is 0. The largest absolute Gasteiger partial charge is 0.372 e. The highest BCUT2D eigenvalue weighted by molar-refractivity contribution is 5.63. The number of benzene rings is 1. The SMILES string of the molecule is Cc1cc(Nc2cc(Nc3ccc(N4CCCC4)cc3)ncn2)no1. The standard InChI is InChI=1S/C18H20N6O/c1-13-10-18(23-25-13)22-17-11-16(19-12-20-17)21-14-4-6-15(7-5-14)24-8-2-3-9-24/h4-7,10-12H,2-3,8-9H2,1H3,(H2,19,20,21,22,23). The van der Waals surface area contributed by atoms with Crippen LogP contribution in [-0.4, -0.2) is 28.2 Å². The average molecular weight is 336 g/mol. The van der Waals surface area contributed by atoms with Crippen LogP contribution in [0.5, 0.6) is 0 Å². The third kappa shape index (κ3) is 3.71. The Morgan fingerprint density at radius 1 is 0.920 bits per heavy atom. The lowest BCUT2D eigenvalue weighted by Gasteiger charge is -2.17. The Balaban J connectivity index is 1.44. The number of aryl methyl sites for hydroxylation is 1. The molecule has 7 nitrogen and oxygen atoms in total. The van der Waals surface area contributed by atoms with E-state index in [2.05, 4.69) is 54.9 Å². The maximum absolute atomic E-state index is 5.04. The Hall–Kier alpha value is -3.09. The van der Waals surface area contributed by atoms with Gasteiger partial charge in [-0.25, -0.2) is 9.97 Å². The molecule has 4 rings (SSSR count). The average Bonchev–Trinajstić information content (AvgIpc) is 3.28. The molecule has 0 saturated carbocycles. The Kier molecular flexibility index (Phi) is 4.20. The quantitative estimate of drug-likeness (QED) is 0.732. The maximum atomic E-state index is 5.04. The zero-order valence-electron chi connectivity index (χ0n) is 14.1. The minimum Gasteiger partial charge on any atom is -0.372 e. The number of rotatable bonds is 5. The second-order valence-corrected chi connectivity index (χ2v) is 6.10. The summed E-state index contributed by atoms with van der Waals surface area (Å²) in [4.78, 5) is 10.9. The van der Waals surface area contributed by atoms with Crippen molar-refractivity contribution in [1.82, 2.24) is 15.1 Å². The van der Waals surface area contributed by atoms with Crippen molar-refractivity contribution in [2.45, 2.75) is 19.8 Å². The van der Waals surface area contributed by atoms with Crippen LogP contribution in [0.3, 0.4) is 0 Å². The van der Waals surface area contributed by atoms with Gasteiger partial charge in [-0.1, -0.05) is 5.16 Å². The van der Waals surface area contributed by atoms with Gasteiger partial charge in [0.05, 0.1) is 0 Å². The molecule has 0 radical (unpaired) electrons. The Morgan fingerprint density at radius 3 is 2.32 bits per heavy atom. The highest BCUT2D eigenvalue weighted by Crippen LogP contribution is 2.24. The molecule has 1 aliphatic heterocycles. The van der Waals surface area contributed by atoms with E-state index in [9.17, 15) is 0 Å². The second kappa shape index (κ2) is 6.80. The predicted octanol–water partition coefficient (Wildman–Crippen LogP) is 3.86. The lowest BCUT2D eigenvalue weighted by Crippen LogP contribution is -2.17. The van der Waals surface area contributed by atoms with Crippen molar-refractivity contribution >= 4 is 28.8 Å². The zero-order valence-corrected chi connectivity index (χ0v) is 14.1. The van der Waals surface area contributed by atoms with Crippen molar-refractivity contribution in [2.24, 2.45) is 0 Å². The monoisotopic (exact) mass is 336 g/mol. The van der Waals surface area contributed by atoms with Gasteiger partial charge in [-0.3, -0.25) is 0 Å². The minimum absolute atomic E-state index is 0.622. The molecule has 1 saturated heterocycles. The first-order valence-electron chi connectivity index (χ1n) is 8.41. The fraction of sp³-hybridized carbons (Fsp3) is 0.278. The van der Waals surface area contributed by atoms with Gasteiger partial charge in [0.2, 0.25) is 0 Å². The lowest BCUT2D eigenvalue weighted by atomic mass is 10.2. The van der Waals surface area contributed by atoms with Crippen molar-refractivity contribution in [3.63, 3.8) is 0 Å². The first-order chi connectivity index (χ1) is 12.3. The van der Waals surface area contributed by atoms with E-state index in [4.69, 9.17) is 4.52 Å². The molecule has 0 unspecified atom stereocenters. The second-order valence-electron chi connectivity index (χ2n) is 6.10. The molecule has 0 amide bonds. The number of hydrogen-bond donors (Lipinski definition) is 2. The predicted molar refractivity (Wildman–Crippen MR) is 97.7 cm³/mol. The van der Waals surface area contributed by atoms with E-state index in [1.807, 2.05) is 19.1 Å². The zero-order chi connectivity index (χ0) is 17.1. The van der Waals surface area contributed by atoms with Crippen LogP contribution in [-0.2, 0) is 0 Å². The third-order valence-corrected chi connectivity index (χ3v) is 4.16. The Labute approximate surface area is 146 Å². The molecule has 25 heavy (non-hydrogen) atoms. The first-order valence-corrected chi connectivity index (χ1v) is 8.41. The highest BCUT2D eigenvalue weighted by Gasteiger charge is 2.11. The van der Waals surface area contributed by atoms with Gasteiger partial charge in [0.25, 0.3) is 0 Å². The molecule has 3 heterocycles. The van der Waals surface area contributed by atoms with Crippen molar-refractivity contribution < 1.29 is 4.52 Å². The number of nitrogens with one attached hydrogen (secondary N) is 2. The van der Waals surface area contributed by atoms with Gasteiger partial charge in [0.1, 0.15) is 23.7 Å². The molecule has 1 fully saturated rings. The van der Waals surface area contributed by atoms with Gasteiger partial charge < -0.3 is 20.1 Å². The smallest absolute Gasteiger partial charge is 0.175 e. The Bertz CT molecular complexity index is 839. The van der Waals surface area contributed by atoms with E-state index in [1.54, 1.807) is 0 Å². The van der Waals surface area contributed by atoms with E-state index in [0.717, 1.165) is 24.5 Å². The minimum atomic E-state index is 0.622. The Morgan fingerprint density at radius 2 is 1.64 bits per heavy atom. The van der Waals surface area contributed by atoms with E-state index < -0.39 is 0 Å². The number of hydrogen-bond acceptors (Lipinski definition) is 7. The van der Waals surface area contributed by atoms with Gasteiger partial charge in [0, 0.05) is 36.6 Å². The molecule has 0 bridgehead atoms. The van der Waals surface area contributed by atoms with Crippen LogP contribution in [0.25, 0.3) is 0 Å². The van der Waals surface area contributed by atoms with Crippen LogP contribution >= 0.6 is 0 Å². The van der Waals surface area contributed by atoms with Crippen molar-refractivity contribution in [1.29, 1.82) is 0 Å². The summed E-state index contributed by atoms with van der Waals surface area (Å²) in [5.41, 5.74) is 2.26. The van der Waals surface area contributed by atoms with Gasteiger partial charge in [-0.05, 0) is 44.0 Å². The van der Waals surface area contributed by atoms with E-state index in [-0.39, 0.29) is 0 Å². The summed E-state index contributed by atoms with van der Waals surface area (Å²) in [6.07, 6.45) is 4.07. The van der Waals surface area contributed by atoms with Gasteiger partial charge in [0.15, 0.2) is 5.82 Å². The van der Waals surface area contributed by atoms with Crippen LogP contribution in [0.15, 0.2) is 47.2 Å². The van der Waals surface area contributed by atoms with Gasteiger partial charge >= 0.3 is 0 Å². The van der Waals surface area contributed by atoms with E-state index in [0.29, 0.717) is 17.5 Å². The van der Waals surface area contributed by atoms with Crippen LogP contribution in [0.2, 0.25) is 0 Å². The van der Waals surface area contributed by atoms with E-state index >= 15 is 0 Å². The molecule has 0 atom stereocenters. The van der Waals surface area contributed by atoms with Crippen LogP contribution in [0, 0.1) is 6.92 Å². The fourth-order valence-electron chi connectivity index (χ4n) is 2.93. The summed E-state index contributed by atoms with van der Waals surface area (Å²) < 4.78 is 5.04. The summed E-state index contributed by atoms with van der Waals surface area (Å²) in [7, 11) is 0. The van der Waals surface area contributed by atoms with Crippen molar-refractivity contribution in [2.75, 3.05) is 28.6 Å². The molecular formula is C18H20N6O. The maximum Gasteiger partial charge on any atom is 0.175 e. The first kappa shape index (κ1) is 15.4. The molecule has 3 aromatic rings. The lowest BCUT2D eigenvalue weighted by molar-refractivity contribution is 0.400. The number of aromatic nitrogens is 3. The number of anilines is 5. The molecule has 0 spiro atoms. The van der Waals surface area contributed by atoms with Crippen LogP contribution in [0.4, 0.5) is 28.8 Å². The molecule has 7 heteroatoms. The highest BCUT2D eigenvalue weighted by atomic mass is 16.5. The summed E-state index contributed by atoms with van der Waals surface area (Å²) in [5.74, 6) is 2.73. The molecular weight excluding hydrogens is 316 g/mol. The fourth-order valence-corrected chi connectivity index (χ4v) is 2.93. The molecule has 0 aliphatic carbocycles. The van der Waals surface area contributed by atoms with Crippen molar-refractivity contribution in [3.05, 3.63) is 48.5 Å². The number of nitrogens with zero attached hydrogens (tertiary/aromatic N) is 4. The summed E-state index contributed by atoms with van der Waals surface area (Å²) in [6.45, 7) is 4.14. The summed E-state index contributed by atoms with van der Waals surface area (Å²) in [5, 5.41) is 10.3. The van der Waals surface area contributed by atoms with Gasteiger partial charge in [-0.15, -0.1) is 0 Å². The molecule has 2 aromatic heterocycles. The molecule has 1 aromatic carbocycles. The van der Waals surface area contributed by atoms with Crippen molar-refractivity contribution in [3.8, 4) is 0 Å². The summed E-state index contributed by atoms with van der Waals surface area (Å²) in [6, 6.07) is 12.1. The van der Waals surface area contributed by atoms with Gasteiger partial charge in [-0.2, -0.15) is 0 Å². The third-order valence-electron chi connectivity index (χ3n) is 4.16. The topological polar surface area (TPSA) is 79.1 Å². The van der Waals surface area contributed by atoms with E-state index in [1.165, 1.54) is 24.9 Å².